The molecular formula is C17H17N3O4S. The Morgan fingerprint density at radius 1 is 1.44 bits per heavy atom. The molecule has 1 aromatic heterocycles. The molecule has 0 radical (unpaired) electrons. The summed E-state index contributed by atoms with van der Waals surface area (Å²) >= 11 is 1.22. The van der Waals surface area contributed by atoms with Crippen molar-refractivity contribution in [1.29, 1.82) is 5.26 Å². The Kier molecular flexibility index (Phi) is 6.48. The van der Waals surface area contributed by atoms with E-state index in [1.165, 1.54) is 11.3 Å². The van der Waals surface area contributed by atoms with Crippen LogP contribution >= 0.6 is 11.3 Å². The van der Waals surface area contributed by atoms with Crippen molar-refractivity contribution in [3.05, 3.63) is 40.9 Å². The molecule has 0 aliphatic carbocycles. The van der Waals surface area contributed by atoms with Gasteiger partial charge in [-0.15, -0.1) is 11.3 Å². The van der Waals surface area contributed by atoms with Gasteiger partial charge in [-0.1, -0.05) is 6.07 Å². The van der Waals surface area contributed by atoms with Crippen LogP contribution in [-0.2, 0) is 20.7 Å². The lowest BCUT2D eigenvalue weighted by Gasteiger charge is -2.13. The number of nitrogens with zero attached hydrogens (tertiary/aromatic N) is 2. The summed E-state index contributed by atoms with van der Waals surface area (Å²) in [5, 5.41) is 13.6. The largest absolute Gasteiger partial charge is 0.481 e. The van der Waals surface area contributed by atoms with Gasteiger partial charge in [-0.25, -0.2) is 4.98 Å². The molecule has 1 heterocycles. The van der Waals surface area contributed by atoms with E-state index in [0.717, 1.165) is 0 Å². The van der Waals surface area contributed by atoms with Crippen LogP contribution in [0.4, 0.5) is 5.13 Å². The zero-order chi connectivity index (χ0) is 18.2. The minimum Gasteiger partial charge on any atom is -0.481 e. The third-order valence-electron chi connectivity index (χ3n) is 3.06. The van der Waals surface area contributed by atoms with Gasteiger partial charge in [0.15, 0.2) is 11.2 Å². The fourth-order valence-electron chi connectivity index (χ4n) is 1.91. The lowest BCUT2D eigenvalue weighted by Crippen LogP contribution is -2.30. The van der Waals surface area contributed by atoms with Crippen molar-refractivity contribution in [2.24, 2.45) is 0 Å². The van der Waals surface area contributed by atoms with E-state index in [4.69, 9.17) is 14.7 Å². The molecule has 0 aliphatic heterocycles. The zero-order valence-electron chi connectivity index (χ0n) is 13.8. The van der Waals surface area contributed by atoms with Crippen LogP contribution in [0, 0.1) is 11.3 Å². The molecule has 0 bridgehead atoms. The van der Waals surface area contributed by atoms with E-state index in [9.17, 15) is 9.59 Å². The number of thiazole rings is 1. The lowest BCUT2D eigenvalue weighted by atomic mass is 10.2. The first-order valence-electron chi connectivity index (χ1n) is 7.59. The van der Waals surface area contributed by atoms with Crippen molar-refractivity contribution in [1.82, 2.24) is 4.98 Å². The van der Waals surface area contributed by atoms with Crippen LogP contribution < -0.4 is 10.1 Å². The number of ether oxygens (including phenoxy) is 2. The molecule has 0 aliphatic rings. The molecule has 0 saturated carbocycles. The second-order valence-corrected chi connectivity index (χ2v) is 5.87. The van der Waals surface area contributed by atoms with Crippen LogP contribution in [-0.4, -0.2) is 29.6 Å². The number of hydrogen-bond donors (Lipinski definition) is 1. The molecule has 2 rings (SSSR count). The van der Waals surface area contributed by atoms with Gasteiger partial charge >= 0.3 is 5.97 Å². The monoisotopic (exact) mass is 359 g/mol. The average Bonchev–Trinajstić information content (AvgIpc) is 3.01. The molecule has 0 saturated heterocycles. The van der Waals surface area contributed by atoms with Crippen LogP contribution in [0.3, 0.4) is 0 Å². The Balaban J connectivity index is 1.91. The molecule has 130 valence electrons. The number of hydrogen-bond acceptors (Lipinski definition) is 7. The Morgan fingerprint density at radius 2 is 2.24 bits per heavy atom. The predicted molar refractivity (Wildman–Crippen MR) is 92.3 cm³/mol. The molecule has 7 nitrogen and oxygen atoms in total. The van der Waals surface area contributed by atoms with E-state index in [-0.39, 0.29) is 18.3 Å². The number of nitriles is 1. The van der Waals surface area contributed by atoms with E-state index in [0.29, 0.717) is 28.7 Å². The van der Waals surface area contributed by atoms with E-state index < -0.39 is 6.10 Å². The number of carbonyl (C=O) groups is 2. The van der Waals surface area contributed by atoms with E-state index >= 15 is 0 Å². The van der Waals surface area contributed by atoms with Gasteiger partial charge in [0.05, 0.1) is 30.4 Å². The molecule has 8 heteroatoms. The molecule has 1 unspecified atom stereocenters. The topological polar surface area (TPSA) is 101 Å². The number of esters is 1. The summed E-state index contributed by atoms with van der Waals surface area (Å²) in [6.45, 7) is 3.65. The quantitative estimate of drug-likeness (QED) is 0.762. The Labute approximate surface area is 149 Å². The van der Waals surface area contributed by atoms with Gasteiger partial charge in [0, 0.05) is 5.38 Å². The standard InChI is InChI=1S/C17H17N3O4S/c1-3-23-15(21)8-13-10-25-17(19-13)20-16(22)11(2)24-14-6-4-5-12(7-14)9-18/h4-7,10-11H,3,8H2,1-2H3,(H,19,20,22). The molecule has 25 heavy (non-hydrogen) atoms. The SMILES string of the molecule is CCOC(=O)Cc1csc(NC(=O)C(C)Oc2cccc(C#N)c2)n1. The van der Waals surface area contributed by atoms with Crippen LogP contribution in [0.25, 0.3) is 0 Å². The summed E-state index contributed by atoms with van der Waals surface area (Å²) in [6.07, 6.45) is -0.709. The maximum Gasteiger partial charge on any atom is 0.311 e. The molecule has 1 aromatic carbocycles. The highest BCUT2D eigenvalue weighted by Gasteiger charge is 2.17. The zero-order valence-corrected chi connectivity index (χ0v) is 14.6. The van der Waals surface area contributed by atoms with Gasteiger partial charge in [-0.3, -0.25) is 14.9 Å². The normalized spacial score (nSPS) is 11.2. The third kappa shape index (κ3) is 5.58. The molecule has 0 spiro atoms. The maximum atomic E-state index is 12.2. The minimum absolute atomic E-state index is 0.0627. The third-order valence-corrected chi connectivity index (χ3v) is 3.86. The Bertz CT molecular complexity index is 797. The second-order valence-electron chi connectivity index (χ2n) is 5.01. The highest BCUT2D eigenvalue weighted by Crippen LogP contribution is 2.18. The summed E-state index contributed by atoms with van der Waals surface area (Å²) in [6, 6.07) is 8.58. The van der Waals surface area contributed by atoms with Crippen molar-refractivity contribution in [3.8, 4) is 11.8 Å². The molecule has 0 fully saturated rings. The number of rotatable bonds is 7. The Morgan fingerprint density at radius 3 is 2.96 bits per heavy atom. The molecule has 2 aromatic rings. The van der Waals surface area contributed by atoms with Crippen LogP contribution in [0.1, 0.15) is 25.1 Å². The second kappa shape index (κ2) is 8.80. The van der Waals surface area contributed by atoms with Crippen molar-refractivity contribution < 1.29 is 19.1 Å². The lowest BCUT2D eigenvalue weighted by molar-refractivity contribution is -0.142. The van der Waals surface area contributed by atoms with Gasteiger partial charge in [-0.05, 0) is 32.0 Å². The van der Waals surface area contributed by atoms with Crippen molar-refractivity contribution in [3.63, 3.8) is 0 Å². The van der Waals surface area contributed by atoms with Crippen LogP contribution in [0.15, 0.2) is 29.6 Å². The average molecular weight is 359 g/mol. The summed E-state index contributed by atoms with van der Waals surface area (Å²) in [5.41, 5.74) is 0.989. The van der Waals surface area contributed by atoms with E-state index in [1.807, 2.05) is 6.07 Å². The highest BCUT2D eigenvalue weighted by molar-refractivity contribution is 7.13. The summed E-state index contributed by atoms with van der Waals surface area (Å²) in [7, 11) is 0. The number of aromatic nitrogens is 1. The van der Waals surface area contributed by atoms with Crippen molar-refractivity contribution in [2.45, 2.75) is 26.4 Å². The number of carbonyl (C=O) groups excluding carboxylic acids is 2. The first-order chi connectivity index (χ1) is 12.0. The van der Waals surface area contributed by atoms with Crippen molar-refractivity contribution in [2.75, 3.05) is 11.9 Å². The van der Waals surface area contributed by atoms with Gasteiger partial charge < -0.3 is 9.47 Å². The summed E-state index contributed by atoms with van der Waals surface area (Å²) in [5.74, 6) is -0.303. The number of anilines is 1. The fraction of sp³-hybridized carbons (Fsp3) is 0.294. The molecular weight excluding hydrogens is 342 g/mol. The maximum absolute atomic E-state index is 12.2. The van der Waals surface area contributed by atoms with E-state index in [2.05, 4.69) is 10.3 Å². The highest BCUT2D eigenvalue weighted by atomic mass is 32.1. The summed E-state index contributed by atoms with van der Waals surface area (Å²) < 4.78 is 10.4. The van der Waals surface area contributed by atoms with Crippen LogP contribution in [0.5, 0.6) is 5.75 Å². The van der Waals surface area contributed by atoms with Gasteiger partial charge in [0.25, 0.3) is 5.91 Å². The predicted octanol–water partition coefficient (Wildman–Crippen LogP) is 2.53. The number of nitrogens with one attached hydrogen (secondary N) is 1. The fourth-order valence-corrected chi connectivity index (χ4v) is 2.62. The van der Waals surface area contributed by atoms with E-state index in [1.54, 1.807) is 43.5 Å². The smallest absolute Gasteiger partial charge is 0.311 e. The molecule has 1 amide bonds. The van der Waals surface area contributed by atoms with Gasteiger partial charge in [-0.2, -0.15) is 5.26 Å². The van der Waals surface area contributed by atoms with Crippen molar-refractivity contribution >= 4 is 28.3 Å². The number of amides is 1. The van der Waals surface area contributed by atoms with Gasteiger partial charge in [0.2, 0.25) is 0 Å². The number of benzene rings is 1. The summed E-state index contributed by atoms with van der Waals surface area (Å²) in [4.78, 5) is 27.8. The first-order valence-corrected chi connectivity index (χ1v) is 8.47. The Hall–Kier alpha value is -2.92. The molecule has 1 N–H and O–H groups in total. The first kappa shape index (κ1) is 18.4. The minimum atomic E-state index is -0.772. The van der Waals surface area contributed by atoms with Gasteiger partial charge in [0.1, 0.15) is 5.75 Å². The molecule has 1 atom stereocenters. The van der Waals surface area contributed by atoms with Crippen LogP contribution in [0.2, 0.25) is 0 Å².